The number of rotatable bonds is 10. The van der Waals surface area contributed by atoms with Gasteiger partial charge in [-0.2, -0.15) is 5.10 Å². The highest BCUT2D eigenvalue weighted by Crippen LogP contribution is 2.36. The Morgan fingerprint density at radius 3 is 2.43 bits per heavy atom. The van der Waals surface area contributed by atoms with Crippen molar-refractivity contribution in [2.24, 2.45) is 4.99 Å². The molecular formula is C37H34N4O7S. The highest BCUT2D eigenvalue weighted by Gasteiger charge is 2.34. The zero-order valence-corrected chi connectivity index (χ0v) is 28.4. The maximum Gasteiger partial charge on any atom is 0.338 e. The third-order valence-electron chi connectivity index (χ3n) is 7.83. The van der Waals surface area contributed by atoms with Crippen molar-refractivity contribution in [3.63, 3.8) is 0 Å². The fourth-order valence-electron chi connectivity index (χ4n) is 5.60. The molecule has 49 heavy (non-hydrogen) atoms. The van der Waals surface area contributed by atoms with E-state index < -0.39 is 18.0 Å². The van der Waals surface area contributed by atoms with E-state index >= 15 is 0 Å². The van der Waals surface area contributed by atoms with Gasteiger partial charge in [-0.1, -0.05) is 42.5 Å². The van der Waals surface area contributed by atoms with Gasteiger partial charge >= 0.3 is 11.9 Å². The molecule has 1 unspecified atom stereocenters. The zero-order valence-electron chi connectivity index (χ0n) is 27.6. The van der Waals surface area contributed by atoms with Gasteiger partial charge in [-0.3, -0.25) is 14.2 Å². The first-order valence-corrected chi connectivity index (χ1v) is 16.4. The highest BCUT2D eigenvalue weighted by atomic mass is 32.1. The van der Waals surface area contributed by atoms with Crippen LogP contribution in [0.15, 0.2) is 100 Å². The van der Waals surface area contributed by atoms with Crippen LogP contribution in [0.3, 0.4) is 0 Å². The Hall–Kier alpha value is -5.75. The zero-order chi connectivity index (χ0) is 34.7. The highest BCUT2D eigenvalue weighted by molar-refractivity contribution is 7.07. The maximum atomic E-state index is 14.4. The summed E-state index contributed by atoms with van der Waals surface area (Å²) in [5.41, 5.74) is 3.89. The maximum absolute atomic E-state index is 14.4. The number of hydrogen-bond acceptors (Lipinski definition) is 10. The number of carbonyl (C=O) groups excluding carboxylic acids is 2. The number of ether oxygens (including phenoxy) is 4. The Morgan fingerprint density at radius 2 is 1.76 bits per heavy atom. The molecule has 5 aromatic rings. The van der Waals surface area contributed by atoms with Crippen LogP contribution in [0, 0.1) is 0 Å². The number of methoxy groups -OCH3 is 2. The van der Waals surface area contributed by atoms with E-state index in [2.05, 4.69) is 11.9 Å². The number of hydrogen-bond donors (Lipinski definition) is 0. The van der Waals surface area contributed by atoms with Gasteiger partial charge in [-0.25, -0.2) is 14.5 Å². The third-order valence-corrected chi connectivity index (χ3v) is 8.82. The standard InChI is InChI=1S/C37H34N4O7S/c1-6-18-47-28-15-12-24(13-16-28)33-26(21-40(39-33)27-10-8-7-9-11-27)20-31-35(43)41-34(32(36(44)46-5)22(2)38-37(41)49-31)25-14-17-29(48-23(3)42)30(19-25)45-4/h7-17,19-21,34H,6,18H2,1-5H3/b31-20+. The Morgan fingerprint density at radius 1 is 1.00 bits per heavy atom. The Labute approximate surface area is 286 Å². The molecule has 3 heterocycles. The molecule has 0 fully saturated rings. The van der Waals surface area contributed by atoms with E-state index in [-0.39, 0.29) is 22.6 Å². The van der Waals surface area contributed by atoms with Crippen LogP contribution in [0.25, 0.3) is 23.0 Å². The molecule has 11 nitrogen and oxygen atoms in total. The summed E-state index contributed by atoms with van der Waals surface area (Å²) in [6, 6.07) is 21.4. The molecule has 0 bridgehead atoms. The first kappa shape index (κ1) is 33.2. The Bertz CT molecular complexity index is 2250. The van der Waals surface area contributed by atoms with Crippen molar-refractivity contribution in [1.82, 2.24) is 14.3 Å². The number of fused-ring (bicyclic) bond motifs is 1. The number of aromatic nitrogens is 3. The van der Waals surface area contributed by atoms with Gasteiger partial charge in [0.1, 0.15) is 11.4 Å². The van der Waals surface area contributed by atoms with E-state index in [0.29, 0.717) is 38.5 Å². The number of allylic oxidation sites excluding steroid dienone is 1. The molecule has 2 aromatic heterocycles. The topological polar surface area (TPSA) is 123 Å². The molecule has 3 aromatic carbocycles. The fourth-order valence-corrected chi connectivity index (χ4v) is 6.64. The van der Waals surface area contributed by atoms with Crippen molar-refractivity contribution in [3.05, 3.63) is 121 Å². The number of esters is 2. The minimum Gasteiger partial charge on any atom is -0.494 e. The number of para-hydroxylation sites is 1. The van der Waals surface area contributed by atoms with Crippen molar-refractivity contribution in [3.8, 4) is 34.2 Å². The summed E-state index contributed by atoms with van der Waals surface area (Å²) in [5.74, 6) is 0.0940. The first-order chi connectivity index (χ1) is 23.7. The predicted molar refractivity (Wildman–Crippen MR) is 185 cm³/mol. The van der Waals surface area contributed by atoms with Crippen LogP contribution < -0.4 is 29.1 Å². The van der Waals surface area contributed by atoms with Gasteiger partial charge in [0, 0.05) is 24.2 Å². The summed E-state index contributed by atoms with van der Waals surface area (Å²) in [6.07, 6.45) is 4.58. The van der Waals surface area contributed by atoms with E-state index in [1.54, 1.807) is 35.9 Å². The van der Waals surface area contributed by atoms with E-state index in [9.17, 15) is 14.4 Å². The van der Waals surface area contributed by atoms with E-state index in [0.717, 1.165) is 23.4 Å². The van der Waals surface area contributed by atoms with Gasteiger partial charge < -0.3 is 18.9 Å². The number of thiazole rings is 1. The molecule has 0 N–H and O–H groups in total. The van der Waals surface area contributed by atoms with Crippen molar-refractivity contribution < 1.29 is 28.5 Å². The quantitative estimate of drug-likeness (QED) is 0.150. The SMILES string of the molecule is CCCOc1ccc(-c2nn(-c3ccccc3)cc2/C=c2/sc3n(c2=O)C(c2ccc(OC(C)=O)c(OC)c2)C(C(=O)OC)=C(C)N=3)cc1. The van der Waals surface area contributed by atoms with Crippen LogP contribution in [0.5, 0.6) is 17.2 Å². The minimum absolute atomic E-state index is 0.201. The average molecular weight is 679 g/mol. The summed E-state index contributed by atoms with van der Waals surface area (Å²) in [4.78, 5) is 44.3. The Balaban J connectivity index is 1.52. The molecule has 0 spiro atoms. The predicted octanol–water partition coefficient (Wildman–Crippen LogP) is 4.98. The molecule has 1 atom stereocenters. The molecular weight excluding hydrogens is 644 g/mol. The molecule has 1 aliphatic rings. The second kappa shape index (κ2) is 14.2. The Kier molecular flexibility index (Phi) is 9.58. The van der Waals surface area contributed by atoms with E-state index in [1.807, 2.05) is 60.8 Å². The van der Waals surface area contributed by atoms with Crippen LogP contribution in [0.4, 0.5) is 0 Å². The van der Waals surface area contributed by atoms with Crippen molar-refractivity contribution in [1.29, 1.82) is 0 Å². The molecule has 0 aliphatic carbocycles. The molecule has 0 amide bonds. The van der Waals surface area contributed by atoms with Crippen LogP contribution in [0.2, 0.25) is 0 Å². The first-order valence-electron chi connectivity index (χ1n) is 15.6. The number of benzene rings is 3. The third kappa shape index (κ3) is 6.68. The number of nitrogens with zero attached hydrogens (tertiary/aromatic N) is 4. The summed E-state index contributed by atoms with van der Waals surface area (Å²) >= 11 is 1.21. The van der Waals surface area contributed by atoms with Crippen LogP contribution >= 0.6 is 11.3 Å². The summed E-state index contributed by atoms with van der Waals surface area (Å²) in [6.45, 7) is 5.67. The second-order valence-corrected chi connectivity index (χ2v) is 12.2. The summed E-state index contributed by atoms with van der Waals surface area (Å²) in [5, 5.41) is 4.92. The van der Waals surface area contributed by atoms with E-state index in [1.165, 1.54) is 37.0 Å². The molecule has 0 saturated carbocycles. The lowest BCUT2D eigenvalue weighted by molar-refractivity contribution is -0.136. The van der Waals surface area contributed by atoms with Crippen LogP contribution in [0.1, 0.15) is 44.4 Å². The van der Waals surface area contributed by atoms with Crippen molar-refractivity contribution in [2.45, 2.75) is 33.2 Å². The smallest absolute Gasteiger partial charge is 0.338 e. The van der Waals surface area contributed by atoms with E-state index in [4.69, 9.17) is 24.0 Å². The summed E-state index contributed by atoms with van der Waals surface area (Å²) in [7, 11) is 2.72. The minimum atomic E-state index is -0.895. The van der Waals surface area contributed by atoms with Crippen molar-refractivity contribution >= 4 is 29.4 Å². The van der Waals surface area contributed by atoms with Crippen LogP contribution in [-0.2, 0) is 14.3 Å². The van der Waals surface area contributed by atoms with Crippen molar-refractivity contribution in [2.75, 3.05) is 20.8 Å². The molecule has 250 valence electrons. The largest absolute Gasteiger partial charge is 0.494 e. The van der Waals surface area contributed by atoms with Gasteiger partial charge in [0.15, 0.2) is 16.3 Å². The van der Waals surface area contributed by atoms with Crippen LogP contribution in [-0.4, -0.2) is 47.1 Å². The second-order valence-electron chi connectivity index (χ2n) is 11.2. The molecule has 0 saturated heterocycles. The van der Waals surface area contributed by atoms with Gasteiger partial charge in [-0.15, -0.1) is 0 Å². The lowest BCUT2D eigenvalue weighted by Gasteiger charge is -2.25. The average Bonchev–Trinajstić information content (AvgIpc) is 3.67. The summed E-state index contributed by atoms with van der Waals surface area (Å²) < 4.78 is 25.4. The molecule has 6 rings (SSSR count). The molecule has 12 heteroatoms. The normalized spacial score (nSPS) is 14.2. The fraction of sp³-hybridized carbons (Fsp3) is 0.216. The monoisotopic (exact) mass is 678 g/mol. The molecule has 0 radical (unpaired) electrons. The number of carbonyl (C=O) groups is 2. The lowest BCUT2D eigenvalue weighted by atomic mass is 9.95. The van der Waals surface area contributed by atoms with Gasteiger partial charge in [-0.05, 0) is 73.5 Å². The van der Waals surface area contributed by atoms with Gasteiger partial charge in [0.05, 0.1) is 48.4 Å². The lowest BCUT2D eigenvalue weighted by Crippen LogP contribution is -2.39. The van der Waals surface area contributed by atoms with Gasteiger partial charge in [0.2, 0.25) is 0 Å². The van der Waals surface area contributed by atoms with Gasteiger partial charge in [0.25, 0.3) is 5.56 Å². The molecule has 1 aliphatic heterocycles.